The SMILES string of the molecule is C=CCCCN(C)C(=O)c1cc(N)c(F)cc1F. The maximum absolute atomic E-state index is 13.5. The molecule has 0 saturated heterocycles. The molecule has 98 valence electrons. The molecule has 18 heavy (non-hydrogen) atoms. The molecule has 1 rings (SSSR count). The molecule has 0 aliphatic rings. The van der Waals surface area contributed by atoms with E-state index in [9.17, 15) is 13.6 Å². The van der Waals surface area contributed by atoms with E-state index in [2.05, 4.69) is 6.58 Å². The fraction of sp³-hybridized carbons (Fsp3) is 0.308. The fourth-order valence-electron chi connectivity index (χ4n) is 1.51. The van der Waals surface area contributed by atoms with Gasteiger partial charge in [0.15, 0.2) is 0 Å². The number of nitrogens with two attached hydrogens (primary N) is 1. The zero-order chi connectivity index (χ0) is 13.7. The van der Waals surface area contributed by atoms with Gasteiger partial charge in [-0.25, -0.2) is 8.78 Å². The second kappa shape index (κ2) is 6.14. The van der Waals surface area contributed by atoms with Gasteiger partial charge >= 0.3 is 0 Å². The Hall–Kier alpha value is -1.91. The summed E-state index contributed by atoms with van der Waals surface area (Å²) in [6.45, 7) is 4.05. The van der Waals surface area contributed by atoms with E-state index in [1.165, 1.54) is 4.90 Å². The molecule has 0 unspecified atom stereocenters. The third-order valence-corrected chi connectivity index (χ3v) is 2.57. The summed E-state index contributed by atoms with van der Waals surface area (Å²) in [6.07, 6.45) is 3.25. The number of benzene rings is 1. The second-order valence-corrected chi connectivity index (χ2v) is 4.01. The molecule has 0 atom stereocenters. The molecule has 3 nitrogen and oxygen atoms in total. The third kappa shape index (κ3) is 3.29. The van der Waals surface area contributed by atoms with E-state index in [1.54, 1.807) is 13.1 Å². The lowest BCUT2D eigenvalue weighted by Gasteiger charge is -2.17. The van der Waals surface area contributed by atoms with E-state index in [0.29, 0.717) is 12.6 Å². The number of amides is 1. The van der Waals surface area contributed by atoms with Crippen LogP contribution in [0.15, 0.2) is 24.8 Å². The largest absolute Gasteiger partial charge is 0.396 e. The number of hydrogen-bond donors (Lipinski definition) is 1. The zero-order valence-corrected chi connectivity index (χ0v) is 10.2. The van der Waals surface area contributed by atoms with Gasteiger partial charge in [0.05, 0.1) is 11.3 Å². The zero-order valence-electron chi connectivity index (χ0n) is 10.2. The van der Waals surface area contributed by atoms with Crippen molar-refractivity contribution in [2.45, 2.75) is 12.8 Å². The van der Waals surface area contributed by atoms with Crippen LogP contribution in [-0.4, -0.2) is 24.4 Å². The number of hydrogen-bond acceptors (Lipinski definition) is 2. The molecule has 0 radical (unpaired) electrons. The Balaban J connectivity index is 2.83. The Kier molecular flexibility index (Phi) is 4.83. The molecule has 0 bridgehead atoms. The highest BCUT2D eigenvalue weighted by Gasteiger charge is 2.18. The Morgan fingerprint density at radius 3 is 2.72 bits per heavy atom. The highest BCUT2D eigenvalue weighted by Crippen LogP contribution is 2.18. The second-order valence-electron chi connectivity index (χ2n) is 4.01. The van der Waals surface area contributed by atoms with E-state index >= 15 is 0 Å². The number of nitrogen functional groups attached to an aromatic ring is 1. The number of nitrogens with zero attached hydrogens (tertiary/aromatic N) is 1. The van der Waals surface area contributed by atoms with Gasteiger partial charge in [0.1, 0.15) is 11.6 Å². The van der Waals surface area contributed by atoms with Crippen molar-refractivity contribution in [1.29, 1.82) is 0 Å². The summed E-state index contributed by atoms with van der Waals surface area (Å²) in [5.74, 6) is -2.27. The third-order valence-electron chi connectivity index (χ3n) is 2.57. The van der Waals surface area contributed by atoms with Crippen molar-refractivity contribution >= 4 is 11.6 Å². The molecule has 1 aromatic rings. The van der Waals surface area contributed by atoms with Crippen LogP contribution in [0.1, 0.15) is 23.2 Å². The van der Waals surface area contributed by atoms with Crippen LogP contribution < -0.4 is 5.73 Å². The molecule has 0 saturated carbocycles. The Labute approximate surface area is 105 Å². The van der Waals surface area contributed by atoms with Gasteiger partial charge < -0.3 is 10.6 Å². The molecular weight excluding hydrogens is 238 g/mol. The first-order chi connectivity index (χ1) is 8.47. The molecule has 0 fully saturated rings. The maximum Gasteiger partial charge on any atom is 0.256 e. The molecule has 0 aliphatic heterocycles. The van der Waals surface area contributed by atoms with Crippen LogP contribution in [0.2, 0.25) is 0 Å². The lowest BCUT2D eigenvalue weighted by Crippen LogP contribution is -2.28. The molecule has 0 spiro atoms. The molecule has 1 aromatic carbocycles. The van der Waals surface area contributed by atoms with Crippen LogP contribution in [0, 0.1) is 11.6 Å². The van der Waals surface area contributed by atoms with Crippen molar-refractivity contribution in [3.05, 3.63) is 42.0 Å². The highest BCUT2D eigenvalue weighted by molar-refractivity contribution is 5.95. The normalized spacial score (nSPS) is 10.2. The van der Waals surface area contributed by atoms with E-state index < -0.39 is 17.5 Å². The summed E-state index contributed by atoms with van der Waals surface area (Å²) in [4.78, 5) is 13.3. The van der Waals surface area contributed by atoms with Crippen LogP contribution in [0.3, 0.4) is 0 Å². The number of halogens is 2. The first kappa shape index (κ1) is 14.2. The topological polar surface area (TPSA) is 46.3 Å². The van der Waals surface area contributed by atoms with Gasteiger partial charge in [0, 0.05) is 19.7 Å². The summed E-state index contributed by atoms with van der Waals surface area (Å²) < 4.78 is 26.4. The number of carbonyl (C=O) groups is 1. The van der Waals surface area contributed by atoms with Gasteiger partial charge in [0.2, 0.25) is 0 Å². The minimum atomic E-state index is -0.901. The molecule has 0 aromatic heterocycles. The highest BCUT2D eigenvalue weighted by atomic mass is 19.1. The lowest BCUT2D eigenvalue weighted by atomic mass is 10.1. The number of anilines is 1. The van der Waals surface area contributed by atoms with Crippen LogP contribution in [0.5, 0.6) is 0 Å². The summed E-state index contributed by atoms with van der Waals surface area (Å²) in [5, 5.41) is 0. The summed E-state index contributed by atoms with van der Waals surface area (Å²) in [7, 11) is 1.56. The Bertz CT molecular complexity index is 461. The number of unbranched alkanes of at least 4 members (excludes halogenated alkanes) is 1. The summed E-state index contributed by atoms with van der Waals surface area (Å²) in [6, 6.07) is 1.65. The average molecular weight is 254 g/mol. The molecule has 5 heteroatoms. The van der Waals surface area contributed by atoms with Crippen molar-refractivity contribution in [1.82, 2.24) is 4.90 Å². The summed E-state index contributed by atoms with van der Waals surface area (Å²) >= 11 is 0. The predicted octanol–water partition coefficient (Wildman–Crippen LogP) is 2.59. The average Bonchev–Trinajstić information content (AvgIpc) is 2.33. The van der Waals surface area contributed by atoms with Gasteiger partial charge in [0.25, 0.3) is 5.91 Å². The predicted molar refractivity (Wildman–Crippen MR) is 67.2 cm³/mol. The number of carbonyl (C=O) groups excluding carboxylic acids is 1. The van der Waals surface area contributed by atoms with E-state index in [-0.39, 0.29) is 11.3 Å². The van der Waals surface area contributed by atoms with Crippen LogP contribution in [0.4, 0.5) is 14.5 Å². The van der Waals surface area contributed by atoms with Crippen LogP contribution >= 0.6 is 0 Å². The van der Waals surface area contributed by atoms with Crippen molar-refractivity contribution in [3.8, 4) is 0 Å². The number of rotatable bonds is 5. The van der Waals surface area contributed by atoms with E-state index in [4.69, 9.17) is 5.73 Å². The van der Waals surface area contributed by atoms with Crippen LogP contribution in [-0.2, 0) is 0 Å². The van der Waals surface area contributed by atoms with Gasteiger partial charge in [-0.2, -0.15) is 0 Å². The lowest BCUT2D eigenvalue weighted by molar-refractivity contribution is 0.0789. The fourth-order valence-corrected chi connectivity index (χ4v) is 1.51. The molecule has 1 amide bonds. The van der Waals surface area contributed by atoms with Gasteiger partial charge in [-0.05, 0) is 18.9 Å². The van der Waals surface area contributed by atoms with E-state index in [1.807, 2.05) is 0 Å². The van der Waals surface area contributed by atoms with Crippen molar-refractivity contribution in [3.63, 3.8) is 0 Å². The van der Waals surface area contributed by atoms with Crippen molar-refractivity contribution < 1.29 is 13.6 Å². The maximum atomic E-state index is 13.5. The van der Waals surface area contributed by atoms with Gasteiger partial charge in [-0.15, -0.1) is 6.58 Å². The first-order valence-electron chi connectivity index (χ1n) is 5.58. The molecule has 0 aliphatic carbocycles. The van der Waals surface area contributed by atoms with Crippen molar-refractivity contribution in [2.75, 3.05) is 19.3 Å². The van der Waals surface area contributed by atoms with Crippen molar-refractivity contribution in [2.24, 2.45) is 0 Å². The molecule has 2 N–H and O–H groups in total. The minimum absolute atomic E-state index is 0.213. The molecular formula is C13H16F2N2O. The van der Waals surface area contributed by atoms with Crippen LogP contribution in [0.25, 0.3) is 0 Å². The smallest absolute Gasteiger partial charge is 0.256 e. The molecule has 0 heterocycles. The first-order valence-corrected chi connectivity index (χ1v) is 5.58. The monoisotopic (exact) mass is 254 g/mol. The van der Waals surface area contributed by atoms with E-state index in [0.717, 1.165) is 18.9 Å². The van der Waals surface area contributed by atoms with Gasteiger partial charge in [-0.3, -0.25) is 4.79 Å². The summed E-state index contributed by atoms with van der Waals surface area (Å²) in [5.41, 5.74) is 4.87. The Morgan fingerprint density at radius 1 is 1.44 bits per heavy atom. The minimum Gasteiger partial charge on any atom is -0.396 e. The van der Waals surface area contributed by atoms with Gasteiger partial charge in [-0.1, -0.05) is 6.08 Å². The standard InChI is InChI=1S/C13H16F2N2O/c1-3-4-5-6-17(2)13(18)9-7-12(16)11(15)8-10(9)14/h3,7-8H,1,4-6,16H2,2H3. The number of allylic oxidation sites excluding steroid dienone is 1. The Morgan fingerprint density at radius 2 is 2.11 bits per heavy atom. The quantitative estimate of drug-likeness (QED) is 0.498.